The van der Waals surface area contributed by atoms with Crippen molar-refractivity contribution in [1.29, 1.82) is 0 Å². The van der Waals surface area contributed by atoms with Crippen LogP contribution < -0.4 is 15.4 Å². The molecule has 2 aliphatic rings. The number of carbonyl (C=O) groups is 1. The fraction of sp³-hybridized carbons (Fsp3) is 0.400. The van der Waals surface area contributed by atoms with E-state index in [4.69, 9.17) is 9.84 Å². The van der Waals surface area contributed by atoms with Gasteiger partial charge in [-0.25, -0.2) is 18.6 Å². The van der Waals surface area contributed by atoms with E-state index >= 15 is 0 Å². The van der Waals surface area contributed by atoms with Crippen LogP contribution in [-0.2, 0) is 5.54 Å². The van der Waals surface area contributed by atoms with E-state index in [1.54, 1.807) is 26.0 Å². The molecule has 6 nitrogen and oxygen atoms in total. The Balaban J connectivity index is 1.71. The molecular formula is C20H21F2N3O3. The van der Waals surface area contributed by atoms with E-state index in [2.05, 4.69) is 15.6 Å². The highest BCUT2D eigenvalue weighted by atomic mass is 19.2. The highest BCUT2D eigenvalue weighted by molar-refractivity contribution is 5.67. The van der Waals surface area contributed by atoms with Crippen molar-refractivity contribution in [1.82, 2.24) is 15.6 Å². The summed E-state index contributed by atoms with van der Waals surface area (Å²) < 4.78 is 33.1. The molecule has 4 rings (SSSR count). The van der Waals surface area contributed by atoms with Crippen molar-refractivity contribution < 1.29 is 23.4 Å². The fourth-order valence-corrected chi connectivity index (χ4v) is 3.75. The maximum Gasteiger partial charge on any atom is 0.405 e. The number of hydrogen-bond donors (Lipinski definition) is 3. The summed E-state index contributed by atoms with van der Waals surface area (Å²) in [5.74, 6) is -0.679. The highest BCUT2D eigenvalue weighted by Crippen LogP contribution is 2.44. The highest BCUT2D eigenvalue weighted by Gasteiger charge is 2.55. The van der Waals surface area contributed by atoms with Gasteiger partial charge in [0.1, 0.15) is 6.10 Å². The number of carboxylic acid groups (broad SMARTS) is 1. The first kappa shape index (κ1) is 18.6. The standard InChI is InChI=1S/C20H21F2N3O3/c1-20(2,25-19(26)27)11-6-16(10-3-4-14(21)15(22)5-10)24-17(7-11)28-18-12-8-23-9-13(12)18/h3-7,12-13,18,23,25H,8-9H2,1-2H3,(H,26,27)/t12-,13+,18?. The number of nitrogens with zero attached hydrogens (tertiary/aromatic N) is 1. The Labute approximate surface area is 160 Å². The quantitative estimate of drug-likeness (QED) is 0.732. The molecule has 0 radical (unpaired) electrons. The molecule has 8 heteroatoms. The lowest BCUT2D eigenvalue weighted by molar-refractivity contribution is 0.182. The molecule has 1 unspecified atom stereocenters. The predicted molar refractivity (Wildman–Crippen MR) is 98.0 cm³/mol. The van der Waals surface area contributed by atoms with Crippen LogP contribution in [0.15, 0.2) is 30.3 Å². The molecule has 28 heavy (non-hydrogen) atoms. The second kappa shape index (κ2) is 6.70. The van der Waals surface area contributed by atoms with Gasteiger partial charge in [0.15, 0.2) is 11.6 Å². The zero-order valence-electron chi connectivity index (χ0n) is 15.5. The van der Waals surface area contributed by atoms with Crippen molar-refractivity contribution in [3.05, 3.63) is 47.5 Å². The largest absolute Gasteiger partial charge is 0.474 e. The van der Waals surface area contributed by atoms with Crippen LogP contribution in [0.4, 0.5) is 13.6 Å². The van der Waals surface area contributed by atoms with Gasteiger partial charge in [0.05, 0.1) is 11.2 Å². The van der Waals surface area contributed by atoms with Gasteiger partial charge in [0.25, 0.3) is 0 Å². The van der Waals surface area contributed by atoms with Crippen molar-refractivity contribution in [2.75, 3.05) is 13.1 Å². The van der Waals surface area contributed by atoms with E-state index in [9.17, 15) is 13.6 Å². The first-order valence-corrected chi connectivity index (χ1v) is 9.11. The van der Waals surface area contributed by atoms with Gasteiger partial charge in [-0.05, 0) is 43.7 Å². The van der Waals surface area contributed by atoms with Gasteiger partial charge in [0, 0.05) is 36.6 Å². The molecule has 2 aromatic rings. The van der Waals surface area contributed by atoms with Crippen LogP contribution in [0, 0.1) is 23.5 Å². The molecule has 1 amide bonds. The van der Waals surface area contributed by atoms with E-state index in [0.29, 0.717) is 34.5 Å². The van der Waals surface area contributed by atoms with Crippen LogP contribution >= 0.6 is 0 Å². The Bertz CT molecular complexity index is 925. The normalized spacial score (nSPS) is 23.2. The lowest BCUT2D eigenvalue weighted by Gasteiger charge is -2.26. The molecule has 2 fully saturated rings. The molecule has 1 aromatic heterocycles. The number of nitrogens with one attached hydrogen (secondary N) is 2. The number of amides is 1. The molecular weight excluding hydrogens is 368 g/mol. The van der Waals surface area contributed by atoms with Crippen molar-refractivity contribution >= 4 is 6.09 Å². The summed E-state index contributed by atoms with van der Waals surface area (Å²) in [6, 6.07) is 6.89. The predicted octanol–water partition coefficient (Wildman–Crippen LogP) is 3.13. The van der Waals surface area contributed by atoms with Crippen molar-refractivity contribution in [2.45, 2.75) is 25.5 Å². The van der Waals surface area contributed by atoms with Crippen molar-refractivity contribution in [3.8, 4) is 17.1 Å². The Morgan fingerprint density at radius 3 is 2.57 bits per heavy atom. The Hall–Kier alpha value is -2.74. The van der Waals surface area contributed by atoms with Crippen LogP contribution in [0.25, 0.3) is 11.3 Å². The number of benzene rings is 1. The molecule has 2 heterocycles. The van der Waals surface area contributed by atoms with Gasteiger partial charge in [0.2, 0.25) is 5.88 Å². The summed E-state index contributed by atoms with van der Waals surface area (Å²) in [5.41, 5.74) is 0.454. The van der Waals surface area contributed by atoms with Gasteiger partial charge in [-0.2, -0.15) is 0 Å². The van der Waals surface area contributed by atoms with E-state index in [-0.39, 0.29) is 6.10 Å². The number of pyridine rings is 1. The number of hydrogen-bond acceptors (Lipinski definition) is 4. The number of aromatic nitrogens is 1. The van der Waals surface area contributed by atoms with Crippen LogP contribution in [0.1, 0.15) is 19.4 Å². The van der Waals surface area contributed by atoms with Gasteiger partial charge in [-0.15, -0.1) is 0 Å². The van der Waals surface area contributed by atoms with Crippen LogP contribution in [0.2, 0.25) is 0 Å². The lowest BCUT2D eigenvalue weighted by Crippen LogP contribution is -2.40. The minimum Gasteiger partial charge on any atom is -0.474 e. The molecule has 1 aliphatic carbocycles. The van der Waals surface area contributed by atoms with Crippen LogP contribution in [0.5, 0.6) is 5.88 Å². The Morgan fingerprint density at radius 2 is 1.93 bits per heavy atom. The smallest absolute Gasteiger partial charge is 0.405 e. The molecule has 1 saturated heterocycles. The Morgan fingerprint density at radius 1 is 1.21 bits per heavy atom. The fourth-order valence-electron chi connectivity index (χ4n) is 3.75. The monoisotopic (exact) mass is 389 g/mol. The van der Waals surface area contributed by atoms with Crippen LogP contribution in [0.3, 0.4) is 0 Å². The summed E-state index contributed by atoms with van der Waals surface area (Å²) in [4.78, 5) is 15.6. The second-order valence-corrected chi connectivity index (χ2v) is 7.83. The first-order valence-electron chi connectivity index (χ1n) is 9.11. The molecule has 1 aromatic carbocycles. The number of fused-ring (bicyclic) bond motifs is 1. The third-order valence-electron chi connectivity index (χ3n) is 5.43. The maximum absolute atomic E-state index is 13.7. The van der Waals surface area contributed by atoms with Gasteiger partial charge >= 0.3 is 6.09 Å². The van der Waals surface area contributed by atoms with E-state index < -0.39 is 23.3 Å². The topological polar surface area (TPSA) is 83.5 Å². The van der Waals surface area contributed by atoms with Crippen molar-refractivity contribution in [2.24, 2.45) is 11.8 Å². The number of rotatable bonds is 5. The van der Waals surface area contributed by atoms with Crippen molar-refractivity contribution in [3.63, 3.8) is 0 Å². The molecule has 1 saturated carbocycles. The van der Waals surface area contributed by atoms with Gasteiger partial charge in [-0.3, -0.25) is 0 Å². The number of piperidine rings is 1. The SMILES string of the molecule is CC(C)(NC(=O)O)c1cc(OC2[C@H]3CNC[C@@H]23)nc(-c2ccc(F)c(F)c2)c1. The average molecular weight is 389 g/mol. The third kappa shape index (κ3) is 3.52. The minimum atomic E-state index is -1.17. The van der Waals surface area contributed by atoms with E-state index in [1.807, 2.05) is 0 Å². The summed E-state index contributed by atoms with van der Waals surface area (Å²) in [5, 5.41) is 14.9. The molecule has 0 spiro atoms. The molecule has 0 bridgehead atoms. The maximum atomic E-state index is 13.7. The summed E-state index contributed by atoms with van der Waals surface area (Å²) >= 11 is 0. The van der Waals surface area contributed by atoms with E-state index in [0.717, 1.165) is 25.2 Å². The Kier molecular flexibility index (Phi) is 4.45. The third-order valence-corrected chi connectivity index (χ3v) is 5.43. The average Bonchev–Trinajstić information content (AvgIpc) is 3.03. The summed E-state index contributed by atoms with van der Waals surface area (Å²) in [6.45, 7) is 5.23. The number of halogens is 2. The number of ether oxygens (including phenoxy) is 1. The first-order chi connectivity index (χ1) is 13.2. The van der Waals surface area contributed by atoms with Crippen LogP contribution in [-0.4, -0.2) is 35.4 Å². The zero-order chi connectivity index (χ0) is 20.1. The zero-order valence-corrected chi connectivity index (χ0v) is 15.5. The van der Waals surface area contributed by atoms with Gasteiger partial charge < -0.3 is 20.5 Å². The molecule has 148 valence electrons. The van der Waals surface area contributed by atoms with Gasteiger partial charge in [-0.1, -0.05) is 0 Å². The minimum absolute atomic E-state index is 0.0670. The summed E-state index contributed by atoms with van der Waals surface area (Å²) in [7, 11) is 0. The second-order valence-electron chi connectivity index (χ2n) is 7.83. The van der Waals surface area contributed by atoms with E-state index in [1.165, 1.54) is 6.07 Å². The lowest BCUT2D eigenvalue weighted by atomic mass is 9.93. The molecule has 3 atom stereocenters. The summed E-state index contributed by atoms with van der Waals surface area (Å²) in [6.07, 6.45) is -1.10. The molecule has 1 aliphatic heterocycles. The molecule has 3 N–H and O–H groups in total.